The first-order chi connectivity index (χ1) is 6.33. The Bertz CT molecular complexity index is 426. The summed E-state index contributed by atoms with van der Waals surface area (Å²) in [6, 6.07) is 4.64. The molecule has 0 saturated carbocycles. The normalized spacial score (nSPS) is 10.9. The minimum absolute atomic E-state index is 0.0328. The second kappa shape index (κ2) is 3.10. The van der Waals surface area contributed by atoms with Crippen molar-refractivity contribution < 1.29 is 9.50 Å². The van der Waals surface area contributed by atoms with E-state index in [9.17, 15) is 4.39 Å². The number of aliphatic hydroxyl groups is 1. The van der Waals surface area contributed by atoms with Crippen LogP contribution in [0.4, 0.5) is 4.39 Å². The third kappa shape index (κ3) is 1.27. The van der Waals surface area contributed by atoms with Crippen molar-refractivity contribution in [1.82, 2.24) is 15.0 Å². The molecule has 0 fully saturated rings. The molecular formula is C8H8FN3O. The Hall–Kier alpha value is -1.49. The SMILES string of the molecule is OCCn1nnc2c(F)cccc21. The molecule has 5 heteroatoms. The fourth-order valence-electron chi connectivity index (χ4n) is 1.22. The highest BCUT2D eigenvalue weighted by atomic mass is 19.1. The number of benzene rings is 1. The molecule has 4 nitrogen and oxygen atoms in total. The number of hydrogen-bond acceptors (Lipinski definition) is 3. The topological polar surface area (TPSA) is 50.9 Å². The summed E-state index contributed by atoms with van der Waals surface area (Å²) in [5, 5.41) is 16.1. The molecule has 0 bridgehead atoms. The molecule has 0 aliphatic rings. The van der Waals surface area contributed by atoms with Gasteiger partial charge in [-0.3, -0.25) is 0 Å². The van der Waals surface area contributed by atoms with Gasteiger partial charge in [-0.05, 0) is 12.1 Å². The number of fused-ring (bicyclic) bond motifs is 1. The zero-order valence-electron chi connectivity index (χ0n) is 6.81. The Kier molecular flexibility index (Phi) is 1.94. The molecule has 2 rings (SSSR count). The highest BCUT2D eigenvalue weighted by Gasteiger charge is 2.06. The lowest BCUT2D eigenvalue weighted by Crippen LogP contribution is -2.03. The molecule has 0 spiro atoms. The van der Waals surface area contributed by atoms with Crippen molar-refractivity contribution in [3.05, 3.63) is 24.0 Å². The van der Waals surface area contributed by atoms with E-state index in [0.29, 0.717) is 12.1 Å². The standard InChI is InChI=1S/C8H8FN3O/c9-6-2-1-3-7-8(6)10-11-12(7)4-5-13/h1-3,13H,4-5H2. The Balaban J connectivity index is 2.61. The average Bonchev–Trinajstić information content (AvgIpc) is 2.51. The lowest BCUT2D eigenvalue weighted by molar-refractivity contribution is 0.270. The first kappa shape index (κ1) is 8.12. The second-order valence-corrected chi connectivity index (χ2v) is 2.64. The summed E-state index contributed by atoms with van der Waals surface area (Å²) in [4.78, 5) is 0. The Labute approximate surface area is 73.6 Å². The summed E-state index contributed by atoms with van der Waals surface area (Å²) in [5.74, 6) is -0.387. The van der Waals surface area contributed by atoms with E-state index in [1.165, 1.54) is 10.7 Å². The van der Waals surface area contributed by atoms with Crippen molar-refractivity contribution in [3.63, 3.8) is 0 Å². The zero-order chi connectivity index (χ0) is 9.26. The molecule has 0 atom stereocenters. The molecule has 0 aliphatic heterocycles. The average molecular weight is 181 g/mol. The van der Waals surface area contributed by atoms with Crippen molar-refractivity contribution in [1.29, 1.82) is 0 Å². The van der Waals surface area contributed by atoms with Gasteiger partial charge in [0.15, 0.2) is 5.82 Å². The quantitative estimate of drug-likeness (QED) is 0.736. The first-order valence-corrected chi connectivity index (χ1v) is 3.91. The maximum Gasteiger partial charge on any atom is 0.152 e. The predicted octanol–water partition coefficient (Wildman–Crippen LogP) is 0.563. The minimum atomic E-state index is -0.387. The van der Waals surface area contributed by atoms with E-state index >= 15 is 0 Å². The van der Waals surface area contributed by atoms with Crippen LogP contribution in [0.25, 0.3) is 11.0 Å². The van der Waals surface area contributed by atoms with E-state index in [2.05, 4.69) is 10.3 Å². The van der Waals surface area contributed by atoms with Crippen molar-refractivity contribution in [2.24, 2.45) is 0 Å². The number of nitrogens with zero attached hydrogens (tertiary/aromatic N) is 3. The van der Waals surface area contributed by atoms with Crippen LogP contribution in [-0.2, 0) is 6.54 Å². The molecule has 1 heterocycles. The number of halogens is 1. The Morgan fingerprint density at radius 2 is 2.31 bits per heavy atom. The zero-order valence-corrected chi connectivity index (χ0v) is 6.81. The third-order valence-electron chi connectivity index (χ3n) is 1.81. The van der Waals surface area contributed by atoms with Crippen LogP contribution in [0.1, 0.15) is 0 Å². The van der Waals surface area contributed by atoms with E-state index in [1.807, 2.05) is 0 Å². The molecule has 1 N–H and O–H groups in total. The maximum absolute atomic E-state index is 13.1. The summed E-state index contributed by atoms with van der Waals surface area (Å²) in [6.07, 6.45) is 0. The predicted molar refractivity (Wildman–Crippen MR) is 44.6 cm³/mol. The molecule has 0 amide bonds. The van der Waals surface area contributed by atoms with Crippen LogP contribution in [0.3, 0.4) is 0 Å². The largest absolute Gasteiger partial charge is 0.394 e. The lowest BCUT2D eigenvalue weighted by Gasteiger charge is -1.97. The van der Waals surface area contributed by atoms with Gasteiger partial charge in [0.2, 0.25) is 0 Å². The molecule has 0 radical (unpaired) electrons. The van der Waals surface area contributed by atoms with Gasteiger partial charge in [0.05, 0.1) is 18.7 Å². The van der Waals surface area contributed by atoms with Crippen LogP contribution in [0.5, 0.6) is 0 Å². The van der Waals surface area contributed by atoms with Crippen LogP contribution < -0.4 is 0 Å². The van der Waals surface area contributed by atoms with Gasteiger partial charge in [-0.15, -0.1) is 5.10 Å². The molecule has 13 heavy (non-hydrogen) atoms. The first-order valence-electron chi connectivity index (χ1n) is 3.91. The molecule has 0 aliphatic carbocycles. The highest BCUT2D eigenvalue weighted by molar-refractivity contribution is 5.74. The van der Waals surface area contributed by atoms with Gasteiger partial charge in [0, 0.05) is 0 Å². The van der Waals surface area contributed by atoms with E-state index in [1.54, 1.807) is 12.1 Å². The van der Waals surface area contributed by atoms with E-state index < -0.39 is 0 Å². The van der Waals surface area contributed by atoms with E-state index in [-0.39, 0.29) is 17.9 Å². The summed E-state index contributed by atoms with van der Waals surface area (Å²) in [6.45, 7) is 0.301. The number of hydrogen-bond donors (Lipinski definition) is 1. The summed E-state index contributed by atoms with van der Waals surface area (Å²) in [5.41, 5.74) is 0.852. The van der Waals surface area contributed by atoms with E-state index in [0.717, 1.165) is 0 Å². The Morgan fingerprint density at radius 3 is 3.08 bits per heavy atom. The molecule has 0 saturated heterocycles. The van der Waals surface area contributed by atoms with Crippen molar-refractivity contribution in [2.75, 3.05) is 6.61 Å². The second-order valence-electron chi connectivity index (χ2n) is 2.64. The number of rotatable bonds is 2. The van der Waals surface area contributed by atoms with Gasteiger partial charge < -0.3 is 5.11 Å². The number of aliphatic hydroxyl groups excluding tert-OH is 1. The van der Waals surface area contributed by atoms with Crippen LogP contribution in [0.15, 0.2) is 18.2 Å². The third-order valence-corrected chi connectivity index (χ3v) is 1.81. The van der Waals surface area contributed by atoms with Gasteiger partial charge in [0.1, 0.15) is 5.52 Å². The fourth-order valence-corrected chi connectivity index (χ4v) is 1.22. The van der Waals surface area contributed by atoms with E-state index in [4.69, 9.17) is 5.11 Å². The van der Waals surface area contributed by atoms with Crippen LogP contribution >= 0.6 is 0 Å². The van der Waals surface area contributed by atoms with Crippen molar-refractivity contribution >= 4 is 11.0 Å². The molecule has 0 unspecified atom stereocenters. The van der Waals surface area contributed by atoms with Crippen LogP contribution in [0, 0.1) is 5.82 Å². The van der Waals surface area contributed by atoms with Gasteiger partial charge in [-0.25, -0.2) is 9.07 Å². The Morgan fingerprint density at radius 1 is 1.46 bits per heavy atom. The summed E-state index contributed by atoms with van der Waals surface area (Å²) >= 11 is 0. The minimum Gasteiger partial charge on any atom is -0.394 e. The van der Waals surface area contributed by atoms with Gasteiger partial charge in [0.25, 0.3) is 0 Å². The van der Waals surface area contributed by atoms with Gasteiger partial charge in [-0.2, -0.15) is 0 Å². The summed E-state index contributed by atoms with van der Waals surface area (Å²) in [7, 11) is 0. The van der Waals surface area contributed by atoms with Gasteiger partial charge in [-0.1, -0.05) is 11.3 Å². The number of aromatic nitrogens is 3. The lowest BCUT2D eigenvalue weighted by atomic mass is 10.3. The van der Waals surface area contributed by atoms with Gasteiger partial charge >= 0.3 is 0 Å². The smallest absolute Gasteiger partial charge is 0.152 e. The highest BCUT2D eigenvalue weighted by Crippen LogP contribution is 2.13. The maximum atomic E-state index is 13.1. The fraction of sp³-hybridized carbons (Fsp3) is 0.250. The van der Waals surface area contributed by atoms with Crippen LogP contribution in [-0.4, -0.2) is 26.7 Å². The molecule has 68 valence electrons. The van der Waals surface area contributed by atoms with Crippen molar-refractivity contribution in [2.45, 2.75) is 6.54 Å². The monoisotopic (exact) mass is 181 g/mol. The summed E-state index contributed by atoms with van der Waals surface area (Å²) < 4.78 is 14.5. The molecular weight excluding hydrogens is 173 g/mol. The molecule has 1 aromatic heterocycles. The molecule has 1 aromatic carbocycles. The van der Waals surface area contributed by atoms with Crippen molar-refractivity contribution in [3.8, 4) is 0 Å². The van der Waals surface area contributed by atoms with Crippen LogP contribution in [0.2, 0.25) is 0 Å². The molecule has 2 aromatic rings.